The van der Waals surface area contributed by atoms with Crippen molar-refractivity contribution in [2.45, 2.75) is 17.3 Å². The summed E-state index contributed by atoms with van der Waals surface area (Å²) in [5.74, 6) is 6.76. The molecule has 2 aromatic heterocycles. The Morgan fingerprint density at radius 1 is 1.56 bits per heavy atom. The Labute approximate surface area is 113 Å². The number of aliphatic hydroxyl groups is 1. The first-order chi connectivity index (χ1) is 8.79. The van der Waals surface area contributed by atoms with Gasteiger partial charge in [0.05, 0.1) is 6.61 Å². The summed E-state index contributed by atoms with van der Waals surface area (Å²) in [4.78, 5) is 1.23. The van der Waals surface area contributed by atoms with Crippen LogP contribution in [0.1, 0.15) is 16.9 Å². The van der Waals surface area contributed by atoms with Crippen LogP contribution >= 0.6 is 23.1 Å². The molecule has 0 saturated carbocycles. The number of aryl methyl sites for hydroxylation is 1. The van der Waals surface area contributed by atoms with Crippen LogP contribution in [-0.2, 0) is 12.8 Å². The molecule has 94 valence electrons. The van der Waals surface area contributed by atoms with Gasteiger partial charge in [0.25, 0.3) is 0 Å². The smallest absolute Gasteiger partial charge is 0.209 e. The number of thioether (sulfide) groups is 1. The monoisotopic (exact) mass is 280 g/mol. The molecule has 0 radical (unpaired) electrons. The Balaban J connectivity index is 1.91. The van der Waals surface area contributed by atoms with Gasteiger partial charge in [0.1, 0.15) is 0 Å². The molecule has 5 nitrogen and oxygen atoms in total. The van der Waals surface area contributed by atoms with Crippen LogP contribution in [0.4, 0.5) is 0 Å². The maximum atomic E-state index is 8.64. The Hall–Kier alpha value is -1.36. The normalized spacial score (nSPS) is 10.1. The van der Waals surface area contributed by atoms with E-state index in [4.69, 9.17) is 5.11 Å². The molecule has 0 spiro atoms. The van der Waals surface area contributed by atoms with E-state index >= 15 is 0 Å². The molecule has 0 fully saturated rings. The van der Waals surface area contributed by atoms with Crippen molar-refractivity contribution in [1.82, 2.24) is 20.2 Å². The molecule has 18 heavy (non-hydrogen) atoms. The van der Waals surface area contributed by atoms with E-state index in [1.54, 1.807) is 27.8 Å². The number of tetrazole rings is 1. The third-order valence-corrected chi connectivity index (χ3v) is 4.23. The van der Waals surface area contributed by atoms with E-state index < -0.39 is 0 Å². The van der Waals surface area contributed by atoms with E-state index in [9.17, 15) is 0 Å². The van der Waals surface area contributed by atoms with Gasteiger partial charge in [0.2, 0.25) is 5.16 Å². The van der Waals surface area contributed by atoms with Crippen molar-refractivity contribution in [3.63, 3.8) is 0 Å². The molecule has 0 aliphatic heterocycles. The van der Waals surface area contributed by atoms with Gasteiger partial charge in [-0.05, 0) is 16.5 Å². The summed E-state index contributed by atoms with van der Waals surface area (Å²) in [6.07, 6.45) is 0.518. The molecule has 0 aliphatic carbocycles. The molecular formula is C11H12N4OS2. The highest BCUT2D eigenvalue weighted by molar-refractivity contribution is 7.98. The van der Waals surface area contributed by atoms with Crippen molar-refractivity contribution >= 4 is 23.1 Å². The largest absolute Gasteiger partial charge is 0.395 e. The van der Waals surface area contributed by atoms with Crippen molar-refractivity contribution in [3.8, 4) is 11.8 Å². The van der Waals surface area contributed by atoms with Gasteiger partial charge >= 0.3 is 0 Å². The zero-order valence-corrected chi connectivity index (χ0v) is 11.5. The van der Waals surface area contributed by atoms with Crippen LogP contribution < -0.4 is 0 Å². The van der Waals surface area contributed by atoms with Gasteiger partial charge in [0, 0.05) is 35.0 Å². The molecule has 0 atom stereocenters. The SMILES string of the molecule is Cn1nnnc1SCc1cc(C#CCCO)cs1. The van der Waals surface area contributed by atoms with Crippen LogP contribution in [0.25, 0.3) is 0 Å². The molecule has 2 heterocycles. The Kier molecular flexibility index (Phi) is 4.75. The average molecular weight is 280 g/mol. The summed E-state index contributed by atoms with van der Waals surface area (Å²) in [5, 5.41) is 22.7. The highest BCUT2D eigenvalue weighted by Crippen LogP contribution is 2.23. The van der Waals surface area contributed by atoms with Crippen LogP contribution in [-0.4, -0.2) is 31.9 Å². The number of hydrogen-bond donors (Lipinski definition) is 1. The van der Waals surface area contributed by atoms with E-state index in [0.29, 0.717) is 6.42 Å². The minimum atomic E-state index is 0.110. The molecule has 2 aromatic rings. The molecule has 0 unspecified atom stereocenters. The van der Waals surface area contributed by atoms with Gasteiger partial charge in [-0.1, -0.05) is 23.6 Å². The number of aliphatic hydroxyl groups excluding tert-OH is 1. The van der Waals surface area contributed by atoms with Gasteiger partial charge in [-0.2, -0.15) is 0 Å². The fourth-order valence-corrected chi connectivity index (χ4v) is 2.94. The number of rotatable bonds is 4. The minimum absolute atomic E-state index is 0.110. The third-order valence-electron chi connectivity index (χ3n) is 2.05. The fraction of sp³-hybridized carbons (Fsp3) is 0.364. The van der Waals surface area contributed by atoms with Gasteiger partial charge in [-0.3, -0.25) is 0 Å². The van der Waals surface area contributed by atoms with Crippen LogP contribution in [0.3, 0.4) is 0 Å². The molecular weight excluding hydrogens is 268 g/mol. The fourth-order valence-electron chi connectivity index (χ4n) is 1.22. The van der Waals surface area contributed by atoms with Gasteiger partial charge < -0.3 is 5.11 Å². The first kappa shape index (κ1) is 13.1. The van der Waals surface area contributed by atoms with Crippen LogP contribution in [0.5, 0.6) is 0 Å². The predicted octanol–water partition coefficient (Wildman–Crippen LogP) is 1.30. The summed E-state index contributed by atoms with van der Waals surface area (Å²) in [5.41, 5.74) is 1.00. The Morgan fingerprint density at radius 2 is 2.44 bits per heavy atom. The lowest BCUT2D eigenvalue weighted by molar-refractivity contribution is 0.305. The molecule has 0 saturated heterocycles. The van der Waals surface area contributed by atoms with E-state index in [0.717, 1.165) is 16.5 Å². The standard InChI is InChI=1S/C11H12N4OS2/c1-15-11(12-13-14-15)18-8-10-6-9(7-17-10)4-2-3-5-16/h6-7,16H,3,5,8H2,1H3. The molecule has 1 N–H and O–H groups in total. The van der Waals surface area contributed by atoms with Crippen molar-refractivity contribution in [1.29, 1.82) is 0 Å². The molecule has 0 aromatic carbocycles. The summed E-state index contributed by atoms with van der Waals surface area (Å²) in [7, 11) is 1.82. The summed E-state index contributed by atoms with van der Waals surface area (Å²) in [6, 6.07) is 2.06. The third kappa shape index (κ3) is 3.57. The topological polar surface area (TPSA) is 63.8 Å². The van der Waals surface area contributed by atoms with Gasteiger partial charge in [0.15, 0.2) is 0 Å². The predicted molar refractivity (Wildman–Crippen MR) is 71.3 cm³/mol. The zero-order chi connectivity index (χ0) is 12.8. The highest BCUT2D eigenvalue weighted by Gasteiger charge is 2.04. The maximum absolute atomic E-state index is 8.64. The summed E-state index contributed by atoms with van der Waals surface area (Å²) < 4.78 is 1.65. The maximum Gasteiger partial charge on any atom is 0.209 e. The van der Waals surface area contributed by atoms with Crippen LogP contribution in [0.2, 0.25) is 0 Å². The first-order valence-electron chi connectivity index (χ1n) is 5.32. The van der Waals surface area contributed by atoms with E-state index in [2.05, 4.69) is 33.4 Å². The Bertz CT molecular complexity index is 567. The Morgan fingerprint density at radius 3 is 3.17 bits per heavy atom. The summed E-state index contributed by atoms with van der Waals surface area (Å²) >= 11 is 3.27. The minimum Gasteiger partial charge on any atom is -0.395 e. The van der Waals surface area contributed by atoms with E-state index in [-0.39, 0.29) is 6.61 Å². The summed E-state index contributed by atoms with van der Waals surface area (Å²) in [6.45, 7) is 0.110. The highest BCUT2D eigenvalue weighted by atomic mass is 32.2. The van der Waals surface area contributed by atoms with Gasteiger partial charge in [-0.25, -0.2) is 4.68 Å². The first-order valence-corrected chi connectivity index (χ1v) is 7.18. The van der Waals surface area contributed by atoms with Gasteiger partial charge in [-0.15, -0.1) is 16.4 Å². The lowest BCUT2D eigenvalue weighted by Crippen LogP contribution is -1.92. The van der Waals surface area contributed by atoms with Crippen molar-refractivity contribution in [2.24, 2.45) is 7.05 Å². The molecule has 0 aliphatic rings. The average Bonchev–Trinajstić information content (AvgIpc) is 2.96. The zero-order valence-electron chi connectivity index (χ0n) is 9.83. The molecule has 7 heteroatoms. The number of thiophene rings is 1. The second kappa shape index (κ2) is 6.54. The second-order valence-electron chi connectivity index (χ2n) is 3.45. The van der Waals surface area contributed by atoms with Crippen molar-refractivity contribution in [2.75, 3.05) is 6.61 Å². The number of aromatic nitrogens is 4. The van der Waals surface area contributed by atoms with E-state index in [1.165, 1.54) is 4.88 Å². The van der Waals surface area contributed by atoms with Crippen molar-refractivity contribution < 1.29 is 5.11 Å². The quantitative estimate of drug-likeness (QED) is 0.675. The second-order valence-corrected chi connectivity index (χ2v) is 5.39. The molecule has 0 amide bonds. The lowest BCUT2D eigenvalue weighted by atomic mass is 10.3. The lowest BCUT2D eigenvalue weighted by Gasteiger charge is -1.95. The van der Waals surface area contributed by atoms with E-state index in [1.807, 2.05) is 12.4 Å². The van der Waals surface area contributed by atoms with Crippen LogP contribution in [0, 0.1) is 11.8 Å². The molecule has 2 rings (SSSR count). The van der Waals surface area contributed by atoms with Crippen molar-refractivity contribution in [3.05, 3.63) is 21.9 Å². The molecule has 0 bridgehead atoms. The number of nitrogens with zero attached hydrogens (tertiary/aromatic N) is 4. The number of hydrogen-bond acceptors (Lipinski definition) is 6. The van der Waals surface area contributed by atoms with Crippen LogP contribution in [0.15, 0.2) is 16.6 Å².